The van der Waals surface area contributed by atoms with E-state index in [1.165, 1.54) is 78.3 Å². The van der Waals surface area contributed by atoms with Gasteiger partial charge in [-0.3, -0.25) is 0 Å². The number of aromatic hydroxyl groups is 1. The maximum absolute atomic E-state index is 11.1. The molecule has 3 unspecified atom stereocenters. The topological polar surface area (TPSA) is 23.5 Å². The van der Waals surface area contributed by atoms with E-state index in [4.69, 9.17) is 0 Å². The van der Waals surface area contributed by atoms with Crippen LogP contribution in [-0.2, 0) is 5.41 Å². The zero-order valence-corrected chi connectivity index (χ0v) is 17.5. The Balaban J connectivity index is 1.52. The van der Waals surface area contributed by atoms with E-state index in [2.05, 4.69) is 53.4 Å². The van der Waals surface area contributed by atoms with Crippen LogP contribution in [0.3, 0.4) is 0 Å². The molecule has 152 valence electrons. The second-order valence-corrected chi connectivity index (χ2v) is 10.2. The van der Waals surface area contributed by atoms with Crippen LogP contribution in [0.2, 0.25) is 0 Å². The van der Waals surface area contributed by atoms with Gasteiger partial charge < -0.3 is 10.0 Å². The molecule has 2 bridgehead atoms. The number of phenolic OH excluding ortho intramolecular Hbond substituents is 1. The van der Waals surface area contributed by atoms with Gasteiger partial charge in [-0.1, -0.05) is 30.7 Å². The summed E-state index contributed by atoms with van der Waals surface area (Å²) in [5.74, 6) is 2.04. The van der Waals surface area contributed by atoms with E-state index >= 15 is 0 Å². The zero-order chi connectivity index (χ0) is 19.9. The van der Waals surface area contributed by atoms with Crippen molar-refractivity contribution in [1.29, 1.82) is 0 Å². The maximum Gasteiger partial charge on any atom is 0.123 e. The Hall–Kier alpha value is -2.48. The quantitative estimate of drug-likeness (QED) is 0.500. The molecule has 3 fully saturated rings. The number of benzene rings is 3. The molecule has 1 saturated heterocycles. The van der Waals surface area contributed by atoms with Gasteiger partial charge in [0.15, 0.2) is 0 Å². The van der Waals surface area contributed by atoms with Gasteiger partial charge in [0.2, 0.25) is 0 Å². The van der Waals surface area contributed by atoms with Crippen LogP contribution in [0, 0.1) is 11.8 Å². The highest BCUT2D eigenvalue weighted by Crippen LogP contribution is 2.66. The normalized spacial score (nSPS) is 29.0. The van der Waals surface area contributed by atoms with Gasteiger partial charge in [-0.15, -0.1) is 0 Å². The number of nitrogens with zero attached hydrogens (tertiary/aromatic N) is 1. The van der Waals surface area contributed by atoms with Gasteiger partial charge in [-0.25, -0.2) is 0 Å². The maximum atomic E-state index is 11.1. The summed E-state index contributed by atoms with van der Waals surface area (Å²) in [6.07, 6.45) is 9.27. The van der Waals surface area contributed by atoms with Crippen LogP contribution in [0.25, 0.3) is 21.9 Å². The lowest BCUT2D eigenvalue weighted by molar-refractivity contribution is 0.326. The molecule has 3 atom stereocenters. The van der Waals surface area contributed by atoms with E-state index in [1.807, 2.05) is 0 Å². The lowest BCUT2D eigenvalue weighted by atomic mass is 9.66. The average Bonchev–Trinajstić information content (AvgIpc) is 3.48. The van der Waals surface area contributed by atoms with Gasteiger partial charge >= 0.3 is 0 Å². The van der Waals surface area contributed by atoms with Gasteiger partial charge in [0.05, 0.1) is 0 Å². The first kappa shape index (κ1) is 17.2. The fourth-order valence-corrected chi connectivity index (χ4v) is 7.61. The molecule has 30 heavy (non-hydrogen) atoms. The van der Waals surface area contributed by atoms with Crippen LogP contribution in [0.4, 0.5) is 5.69 Å². The summed E-state index contributed by atoms with van der Waals surface area (Å²) >= 11 is 0. The number of hydrogen-bond acceptors (Lipinski definition) is 2. The molecule has 0 amide bonds. The van der Waals surface area contributed by atoms with Gasteiger partial charge in [0.1, 0.15) is 5.75 Å². The van der Waals surface area contributed by atoms with Gasteiger partial charge in [-0.2, -0.15) is 0 Å². The molecular formula is C28H29NO. The van der Waals surface area contributed by atoms with Crippen LogP contribution >= 0.6 is 0 Å². The number of fused-ring (bicyclic) bond motifs is 10. The number of anilines is 1. The first-order chi connectivity index (χ1) is 14.8. The largest absolute Gasteiger partial charge is 0.507 e. The highest BCUT2D eigenvalue weighted by Gasteiger charge is 2.57. The summed E-state index contributed by atoms with van der Waals surface area (Å²) in [5, 5.41) is 13.4. The van der Waals surface area contributed by atoms with Crippen LogP contribution in [0.15, 0.2) is 48.5 Å². The van der Waals surface area contributed by atoms with E-state index in [9.17, 15) is 5.11 Å². The first-order valence-corrected chi connectivity index (χ1v) is 11.9. The fourth-order valence-electron chi connectivity index (χ4n) is 7.61. The molecule has 3 aromatic carbocycles. The molecule has 1 heterocycles. The standard InChI is InChI=1S/C28H29NO/c30-26-16-25-27(23-15-20(10-11-21(23)26)29-12-4-1-5-13-29)22-6-2-3-7-24(22)28(25)17-18-8-9-19(28)14-18/h2-3,6-7,10-11,15-16,18-19,30H,1,4-5,8-9,12-14,17H2. The van der Waals surface area contributed by atoms with Crippen molar-refractivity contribution in [2.45, 2.75) is 50.4 Å². The lowest BCUT2D eigenvalue weighted by Crippen LogP contribution is -2.31. The van der Waals surface area contributed by atoms with Crippen LogP contribution in [0.5, 0.6) is 5.75 Å². The summed E-state index contributed by atoms with van der Waals surface area (Å²) in [6, 6.07) is 18.0. The summed E-state index contributed by atoms with van der Waals surface area (Å²) in [5.41, 5.74) is 7.22. The zero-order valence-electron chi connectivity index (χ0n) is 17.5. The summed E-state index contributed by atoms with van der Waals surface area (Å²) in [7, 11) is 0. The molecule has 2 nitrogen and oxygen atoms in total. The van der Waals surface area contributed by atoms with E-state index in [-0.39, 0.29) is 5.41 Å². The summed E-state index contributed by atoms with van der Waals surface area (Å²) in [6.45, 7) is 2.30. The molecule has 1 aliphatic heterocycles. The molecule has 3 aliphatic carbocycles. The van der Waals surface area contributed by atoms with Crippen molar-refractivity contribution in [3.05, 3.63) is 59.7 Å². The monoisotopic (exact) mass is 395 g/mol. The third-order valence-electron chi connectivity index (χ3n) is 8.83. The smallest absolute Gasteiger partial charge is 0.123 e. The van der Waals surface area contributed by atoms with E-state index in [1.54, 1.807) is 0 Å². The molecule has 2 saturated carbocycles. The predicted octanol–water partition coefficient (Wildman–Crippen LogP) is 6.62. The van der Waals surface area contributed by atoms with E-state index in [0.29, 0.717) is 5.75 Å². The molecule has 1 spiro atoms. The van der Waals surface area contributed by atoms with E-state index < -0.39 is 0 Å². The second-order valence-electron chi connectivity index (χ2n) is 10.2. The van der Waals surface area contributed by atoms with Crippen molar-refractivity contribution in [3.8, 4) is 16.9 Å². The van der Waals surface area contributed by atoms with Gasteiger partial charge in [-0.05, 0) is 102 Å². The van der Waals surface area contributed by atoms with Crippen molar-refractivity contribution in [3.63, 3.8) is 0 Å². The van der Waals surface area contributed by atoms with Crippen LogP contribution < -0.4 is 4.90 Å². The molecule has 7 rings (SSSR count). The Morgan fingerprint density at radius 1 is 0.867 bits per heavy atom. The highest BCUT2D eigenvalue weighted by molar-refractivity contribution is 6.06. The molecule has 4 aliphatic rings. The molecule has 0 radical (unpaired) electrons. The Labute approximate surface area is 178 Å². The number of rotatable bonds is 1. The van der Waals surface area contributed by atoms with Gasteiger partial charge in [0.25, 0.3) is 0 Å². The van der Waals surface area contributed by atoms with E-state index in [0.717, 1.165) is 30.3 Å². The molecule has 3 aromatic rings. The Bertz CT molecular complexity index is 1170. The minimum absolute atomic E-state index is 0.127. The molecule has 0 aromatic heterocycles. The third kappa shape index (κ3) is 2.10. The third-order valence-corrected chi connectivity index (χ3v) is 8.83. The predicted molar refractivity (Wildman–Crippen MR) is 123 cm³/mol. The highest BCUT2D eigenvalue weighted by atomic mass is 16.3. The van der Waals surface area contributed by atoms with Crippen molar-refractivity contribution in [2.24, 2.45) is 11.8 Å². The molecule has 2 heteroatoms. The first-order valence-electron chi connectivity index (χ1n) is 11.9. The minimum Gasteiger partial charge on any atom is -0.507 e. The Morgan fingerprint density at radius 3 is 2.53 bits per heavy atom. The summed E-state index contributed by atoms with van der Waals surface area (Å²) in [4.78, 5) is 2.54. The molecular weight excluding hydrogens is 366 g/mol. The fraction of sp³-hybridized carbons (Fsp3) is 0.429. The van der Waals surface area contributed by atoms with Crippen molar-refractivity contribution < 1.29 is 5.11 Å². The SMILES string of the molecule is Oc1cc2c(c3cc(N4CCCCC4)ccc13)-c1ccccc1C21CC2CCC1C2. The van der Waals surface area contributed by atoms with Crippen LogP contribution in [-0.4, -0.2) is 18.2 Å². The van der Waals surface area contributed by atoms with Crippen molar-refractivity contribution >= 4 is 16.5 Å². The van der Waals surface area contributed by atoms with Gasteiger partial charge in [0, 0.05) is 29.6 Å². The minimum atomic E-state index is 0.127. The number of piperidine rings is 1. The lowest BCUT2D eigenvalue weighted by Gasteiger charge is -2.36. The average molecular weight is 396 g/mol. The second kappa shape index (κ2) is 6.03. The van der Waals surface area contributed by atoms with Crippen molar-refractivity contribution in [1.82, 2.24) is 0 Å². The number of phenols is 1. The van der Waals surface area contributed by atoms with Crippen LogP contribution in [0.1, 0.15) is 56.1 Å². The summed E-state index contributed by atoms with van der Waals surface area (Å²) < 4.78 is 0. The number of hydrogen-bond donors (Lipinski definition) is 1. The van der Waals surface area contributed by atoms with Crippen molar-refractivity contribution in [2.75, 3.05) is 18.0 Å². The Kier molecular flexibility index (Phi) is 3.46. The molecule has 1 N–H and O–H groups in total. The Morgan fingerprint density at radius 2 is 1.73 bits per heavy atom.